The van der Waals surface area contributed by atoms with Crippen molar-refractivity contribution in [2.75, 3.05) is 26.3 Å². The highest BCUT2D eigenvalue weighted by molar-refractivity contribution is 6.01. The minimum atomic E-state index is -0.793. The molecule has 1 saturated heterocycles. The van der Waals surface area contributed by atoms with Gasteiger partial charge in [0.25, 0.3) is 0 Å². The fourth-order valence-corrected chi connectivity index (χ4v) is 5.91. The van der Waals surface area contributed by atoms with Crippen LogP contribution in [0.15, 0.2) is 48.5 Å². The molecule has 0 radical (unpaired) electrons. The fraction of sp³-hybridized carbons (Fsp3) is 0.469. The van der Waals surface area contributed by atoms with E-state index in [1.807, 2.05) is 32.0 Å². The van der Waals surface area contributed by atoms with Crippen LogP contribution >= 0.6 is 0 Å². The van der Waals surface area contributed by atoms with Gasteiger partial charge in [-0.1, -0.05) is 36.4 Å². The molecule has 0 aromatic heterocycles. The van der Waals surface area contributed by atoms with Gasteiger partial charge >= 0.3 is 5.97 Å². The van der Waals surface area contributed by atoms with Crippen LogP contribution in [0.5, 0.6) is 11.5 Å². The summed E-state index contributed by atoms with van der Waals surface area (Å²) >= 11 is 0. The third-order valence-corrected chi connectivity index (χ3v) is 6.78. The average molecular weight is 520 g/mol. The van der Waals surface area contributed by atoms with Crippen molar-refractivity contribution in [1.82, 2.24) is 4.90 Å². The van der Waals surface area contributed by atoms with Gasteiger partial charge < -0.3 is 19.3 Å². The molecule has 4 rings (SSSR count). The number of carboxylic acid groups (broad SMARTS) is 1. The van der Waals surface area contributed by atoms with E-state index in [0.29, 0.717) is 19.6 Å². The zero-order valence-electron chi connectivity index (χ0n) is 23.6. The van der Waals surface area contributed by atoms with E-state index in [9.17, 15) is 9.90 Å². The molecule has 1 aliphatic heterocycles. The molecular weight excluding hydrogens is 478 g/mol. The lowest BCUT2D eigenvalue weighted by molar-refractivity contribution is -0.182. The minimum Gasteiger partial charge on any atom is -0.493 e. The molecular formula is C32H41NO5. The van der Waals surface area contributed by atoms with Crippen LogP contribution in [0.2, 0.25) is 0 Å². The molecule has 204 valence electrons. The second-order valence-corrected chi connectivity index (χ2v) is 11.3. The number of ether oxygens (including phenoxy) is 3. The summed E-state index contributed by atoms with van der Waals surface area (Å²) in [7, 11) is 0. The number of morpholine rings is 1. The molecule has 6 heteroatoms. The Balaban J connectivity index is 1.80. The van der Waals surface area contributed by atoms with Crippen LogP contribution in [-0.2, 0) is 22.5 Å². The third-order valence-electron chi connectivity index (χ3n) is 6.78. The number of carbonyl (C=O) groups is 1. The summed E-state index contributed by atoms with van der Waals surface area (Å²) in [5.41, 5.74) is 3.66. The average Bonchev–Trinajstić information content (AvgIpc) is 2.81. The van der Waals surface area contributed by atoms with Gasteiger partial charge in [-0.15, -0.1) is 0 Å². The van der Waals surface area contributed by atoms with E-state index < -0.39 is 5.97 Å². The third kappa shape index (κ3) is 6.48. The molecule has 1 N–H and O–H groups in total. The molecule has 0 amide bonds. The van der Waals surface area contributed by atoms with Gasteiger partial charge in [0.2, 0.25) is 0 Å². The Morgan fingerprint density at radius 3 is 2.08 bits per heavy atom. The van der Waals surface area contributed by atoms with E-state index in [2.05, 4.69) is 62.9 Å². The summed E-state index contributed by atoms with van der Waals surface area (Å²) < 4.78 is 18.8. The van der Waals surface area contributed by atoms with Crippen molar-refractivity contribution in [2.24, 2.45) is 0 Å². The fourth-order valence-electron chi connectivity index (χ4n) is 5.91. The van der Waals surface area contributed by atoms with Crippen LogP contribution < -0.4 is 9.47 Å². The predicted octanol–water partition coefficient (Wildman–Crippen LogP) is 6.71. The Morgan fingerprint density at radius 1 is 0.921 bits per heavy atom. The van der Waals surface area contributed by atoms with E-state index >= 15 is 0 Å². The lowest BCUT2D eigenvalue weighted by atomic mass is 9.92. The van der Waals surface area contributed by atoms with Crippen LogP contribution in [0.4, 0.5) is 0 Å². The number of fused-ring (bicyclic) bond motifs is 1. The number of rotatable bonds is 10. The maximum absolute atomic E-state index is 11.2. The molecule has 0 unspecified atom stereocenters. The molecule has 0 aliphatic carbocycles. The number of hydrogen-bond acceptors (Lipinski definition) is 5. The van der Waals surface area contributed by atoms with E-state index in [0.717, 1.165) is 64.2 Å². The van der Waals surface area contributed by atoms with Crippen LogP contribution in [0.1, 0.15) is 59.1 Å². The SMILES string of the molecule is CCOc1cc(CN2CC(C)(C)OC(C)(C)C2)cc(OCC)c1-c1cccc2c(CCC(=O)O)cccc12. The molecule has 1 heterocycles. The predicted molar refractivity (Wildman–Crippen MR) is 152 cm³/mol. The van der Waals surface area contributed by atoms with Crippen molar-refractivity contribution >= 4 is 16.7 Å². The van der Waals surface area contributed by atoms with Gasteiger partial charge in [0.1, 0.15) is 11.5 Å². The summed E-state index contributed by atoms with van der Waals surface area (Å²) in [6, 6.07) is 16.6. The lowest BCUT2D eigenvalue weighted by Crippen LogP contribution is -2.56. The maximum Gasteiger partial charge on any atom is 0.303 e. The van der Waals surface area contributed by atoms with Gasteiger partial charge in [0, 0.05) is 26.1 Å². The Bertz CT molecular complexity index is 1250. The van der Waals surface area contributed by atoms with Crippen molar-refractivity contribution in [3.8, 4) is 22.6 Å². The standard InChI is InChI=1S/C32H41NO5/c1-7-36-27-17-22(19-33-20-31(3,4)38-32(5,6)21-33)18-28(37-8-2)30(27)26-14-10-12-24-23(15-16-29(34)35)11-9-13-25(24)26/h9-14,17-18H,7-8,15-16,19-21H2,1-6H3,(H,34,35). The van der Waals surface area contributed by atoms with E-state index in [1.54, 1.807) is 0 Å². The topological polar surface area (TPSA) is 68.2 Å². The van der Waals surface area contributed by atoms with Crippen LogP contribution in [0.3, 0.4) is 0 Å². The Labute approximate surface area is 226 Å². The van der Waals surface area contributed by atoms with Crippen molar-refractivity contribution in [3.63, 3.8) is 0 Å². The van der Waals surface area contributed by atoms with Crippen molar-refractivity contribution < 1.29 is 24.1 Å². The van der Waals surface area contributed by atoms with Gasteiger partial charge in [-0.2, -0.15) is 0 Å². The molecule has 0 bridgehead atoms. The molecule has 1 aliphatic rings. The van der Waals surface area contributed by atoms with Crippen LogP contribution in [0, 0.1) is 0 Å². The van der Waals surface area contributed by atoms with E-state index in [4.69, 9.17) is 14.2 Å². The normalized spacial score (nSPS) is 16.9. The smallest absolute Gasteiger partial charge is 0.303 e. The monoisotopic (exact) mass is 519 g/mol. The zero-order valence-corrected chi connectivity index (χ0v) is 23.6. The number of carboxylic acids is 1. The molecule has 6 nitrogen and oxygen atoms in total. The molecule has 3 aromatic rings. The first kappa shape index (κ1) is 27.9. The summed E-state index contributed by atoms with van der Waals surface area (Å²) in [6.07, 6.45) is 0.583. The minimum absolute atomic E-state index is 0.0988. The number of benzene rings is 3. The van der Waals surface area contributed by atoms with Gasteiger partial charge in [0.05, 0.1) is 30.0 Å². The molecule has 0 spiro atoms. The molecule has 1 fully saturated rings. The van der Waals surface area contributed by atoms with E-state index in [-0.39, 0.29) is 17.6 Å². The van der Waals surface area contributed by atoms with Crippen LogP contribution in [0.25, 0.3) is 21.9 Å². The number of aliphatic carboxylic acids is 1. The molecule has 38 heavy (non-hydrogen) atoms. The number of aryl methyl sites for hydroxylation is 1. The highest BCUT2D eigenvalue weighted by Crippen LogP contribution is 2.44. The number of hydrogen-bond donors (Lipinski definition) is 1. The highest BCUT2D eigenvalue weighted by Gasteiger charge is 2.38. The first-order valence-electron chi connectivity index (χ1n) is 13.6. The van der Waals surface area contributed by atoms with Crippen molar-refractivity contribution in [1.29, 1.82) is 0 Å². The lowest BCUT2D eigenvalue weighted by Gasteiger charge is -2.47. The van der Waals surface area contributed by atoms with Gasteiger partial charge in [-0.25, -0.2) is 0 Å². The van der Waals surface area contributed by atoms with Gasteiger partial charge in [0.15, 0.2) is 0 Å². The summed E-state index contributed by atoms with van der Waals surface area (Å²) in [6.45, 7) is 16.1. The largest absolute Gasteiger partial charge is 0.493 e. The quantitative estimate of drug-likeness (QED) is 0.321. The highest BCUT2D eigenvalue weighted by atomic mass is 16.5. The summed E-state index contributed by atoms with van der Waals surface area (Å²) in [4.78, 5) is 13.7. The second kappa shape index (κ2) is 11.3. The van der Waals surface area contributed by atoms with Crippen molar-refractivity contribution in [2.45, 2.75) is 72.1 Å². The number of nitrogens with zero attached hydrogens (tertiary/aromatic N) is 1. The van der Waals surface area contributed by atoms with E-state index in [1.165, 1.54) is 0 Å². The maximum atomic E-state index is 11.2. The van der Waals surface area contributed by atoms with Gasteiger partial charge in [-0.05, 0) is 87.6 Å². The Hall–Kier alpha value is -3.09. The first-order chi connectivity index (χ1) is 18.0. The second-order valence-electron chi connectivity index (χ2n) is 11.3. The molecule has 0 saturated carbocycles. The zero-order chi connectivity index (χ0) is 27.5. The van der Waals surface area contributed by atoms with Crippen LogP contribution in [-0.4, -0.2) is 53.5 Å². The van der Waals surface area contributed by atoms with Crippen molar-refractivity contribution in [3.05, 3.63) is 59.7 Å². The molecule has 0 atom stereocenters. The first-order valence-corrected chi connectivity index (χ1v) is 13.6. The van der Waals surface area contributed by atoms with Gasteiger partial charge in [-0.3, -0.25) is 9.69 Å². The Morgan fingerprint density at radius 2 is 1.50 bits per heavy atom. The molecule has 3 aromatic carbocycles. The summed E-state index contributed by atoms with van der Waals surface area (Å²) in [5, 5.41) is 11.3. The Kier molecular flexibility index (Phi) is 8.34. The summed E-state index contributed by atoms with van der Waals surface area (Å²) in [5.74, 6) is 0.797.